The molecule has 0 radical (unpaired) electrons. The quantitative estimate of drug-likeness (QED) is 0.907. The summed E-state index contributed by atoms with van der Waals surface area (Å²) in [6.07, 6.45) is 0. The number of carbonyl (C=O) groups is 1. The number of nitrogens with zero attached hydrogens (tertiary/aromatic N) is 2. The highest BCUT2D eigenvalue weighted by Gasteiger charge is 2.28. The highest BCUT2D eigenvalue weighted by molar-refractivity contribution is 7.99. The van der Waals surface area contributed by atoms with Gasteiger partial charge in [-0.1, -0.05) is 0 Å². The maximum atomic E-state index is 12.4. The van der Waals surface area contributed by atoms with E-state index in [1.165, 1.54) is 5.56 Å². The fourth-order valence-electron chi connectivity index (χ4n) is 2.71. The summed E-state index contributed by atoms with van der Waals surface area (Å²) in [4.78, 5) is 16.9. The van der Waals surface area contributed by atoms with E-state index >= 15 is 0 Å². The summed E-state index contributed by atoms with van der Waals surface area (Å²) in [5.41, 5.74) is 1.39. The Balaban J connectivity index is 1.46. The van der Waals surface area contributed by atoms with Crippen molar-refractivity contribution in [1.29, 1.82) is 0 Å². The zero-order valence-electron chi connectivity index (χ0n) is 11.6. The van der Waals surface area contributed by atoms with E-state index in [9.17, 15) is 4.79 Å². The van der Waals surface area contributed by atoms with Gasteiger partial charge in [0.05, 0.1) is 6.04 Å². The van der Waals surface area contributed by atoms with Gasteiger partial charge in [-0.05, 0) is 22.4 Å². The van der Waals surface area contributed by atoms with Crippen molar-refractivity contribution in [3.8, 4) is 0 Å². The molecule has 2 fully saturated rings. The molecule has 0 saturated carbocycles. The average molecular weight is 311 g/mol. The Morgan fingerprint density at radius 2 is 2.20 bits per heavy atom. The maximum Gasteiger partial charge on any atom is 0.240 e. The molecular formula is C14H21N3OS2. The Labute approximate surface area is 128 Å². The van der Waals surface area contributed by atoms with Crippen LogP contribution in [0.25, 0.3) is 0 Å². The molecule has 1 atom stereocenters. The van der Waals surface area contributed by atoms with Crippen LogP contribution in [-0.4, -0.2) is 66.0 Å². The van der Waals surface area contributed by atoms with Gasteiger partial charge in [0.25, 0.3) is 0 Å². The molecule has 20 heavy (non-hydrogen) atoms. The smallest absolute Gasteiger partial charge is 0.240 e. The number of rotatable bonds is 3. The molecule has 3 rings (SSSR count). The Morgan fingerprint density at radius 1 is 1.35 bits per heavy atom. The highest BCUT2D eigenvalue weighted by atomic mass is 32.2. The van der Waals surface area contributed by atoms with E-state index in [0.717, 1.165) is 50.8 Å². The first-order chi connectivity index (χ1) is 9.83. The first-order valence-electron chi connectivity index (χ1n) is 7.16. The van der Waals surface area contributed by atoms with Crippen molar-refractivity contribution in [2.45, 2.75) is 12.6 Å². The fourth-order valence-corrected chi connectivity index (χ4v) is 4.30. The highest BCUT2D eigenvalue weighted by Crippen LogP contribution is 2.14. The van der Waals surface area contributed by atoms with E-state index in [1.807, 2.05) is 16.7 Å². The minimum Gasteiger partial charge on any atom is -0.339 e. The van der Waals surface area contributed by atoms with Gasteiger partial charge in [0.1, 0.15) is 0 Å². The van der Waals surface area contributed by atoms with Crippen LogP contribution in [0.4, 0.5) is 0 Å². The van der Waals surface area contributed by atoms with E-state index in [1.54, 1.807) is 11.3 Å². The van der Waals surface area contributed by atoms with E-state index in [-0.39, 0.29) is 6.04 Å². The fraction of sp³-hybridized carbons (Fsp3) is 0.643. The Hall–Kier alpha value is -0.560. The monoisotopic (exact) mass is 311 g/mol. The van der Waals surface area contributed by atoms with Crippen LogP contribution in [0.15, 0.2) is 16.8 Å². The molecule has 2 aliphatic rings. The third kappa shape index (κ3) is 3.55. The second-order valence-electron chi connectivity index (χ2n) is 5.31. The number of hydrogen-bond donors (Lipinski definition) is 1. The van der Waals surface area contributed by atoms with Crippen molar-refractivity contribution in [2.75, 3.05) is 44.2 Å². The Bertz CT molecular complexity index is 424. The third-order valence-electron chi connectivity index (χ3n) is 3.89. The molecule has 2 saturated heterocycles. The number of thioether (sulfide) groups is 1. The van der Waals surface area contributed by atoms with Crippen LogP contribution >= 0.6 is 23.1 Å². The molecule has 0 aliphatic carbocycles. The van der Waals surface area contributed by atoms with Crippen LogP contribution in [0.3, 0.4) is 0 Å². The maximum absolute atomic E-state index is 12.4. The summed E-state index contributed by atoms with van der Waals surface area (Å²) >= 11 is 3.63. The van der Waals surface area contributed by atoms with Gasteiger partial charge in [0, 0.05) is 50.8 Å². The van der Waals surface area contributed by atoms with Crippen molar-refractivity contribution in [2.24, 2.45) is 0 Å². The summed E-state index contributed by atoms with van der Waals surface area (Å²) in [7, 11) is 0. The van der Waals surface area contributed by atoms with Gasteiger partial charge < -0.3 is 10.2 Å². The Kier molecular flexibility index (Phi) is 4.99. The van der Waals surface area contributed by atoms with Crippen molar-refractivity contribution in [3.05, 3.63) is 22.4 Å². The summed E-state index contributed by atoms with van der Waals surface area (Å²) in [5.74, 6) is 2.35. The van der Waals surface area contributed by atoms with Crippen LogP contribution in [0.1, 0.15) is 5.56 Å². The molecule has 2 aliphatic heterocycles. The van der Waals surface area contributed by atoms with Crippen LogP contribution in [0, 0.1) is 0 Å². The summed E-state index contributed by atoms with van der Waals surface area (Å²) < 4.78 is 0. The van der Waals surface area contributed by atoms with Crippen molar-refractivity contribution >= 4 is 29.0 Å². The largest absolute Gasteiger partial charge is 0.339 e. The lowest BCUT2D eigenvalue weighted by Crippen LogP contribution is -2.55. The molecule has 6 heteroatoms. The zero-order valence-corrected chi connectivity index (χ0v) is 13.2. The predicted octanol–water partition coefficient (Wildman–Crippen LogP) is 1.10. The van der Waals surface area contributed by atoms with Crippen molar-refractivity contribution < 1.29 is 4.79 Å². The second-order valence-corrected chi connectivity index (χ2v) is 7.24. The van der Waals surface area contributed by atoms with Crippen molar-refractivity contribution in [3.63, 3.8) is 0 Å². The first-order valence-corrected chi connectivity index (χ1v) is 9.26. The van der Waals surface area contributed by atoms with E-state index < -0.39 is 0 Å². The molecule has 1 amide bonds. The molecule has 4 nitrogen and oxygen atoms in total. The van der Waals surface area contributed by atoms with Crippen LogP contribution in [-0.2, 0) is 11.3 Å². The number of carbonyl (C=O) groups excluding carboxylic acids is 1. The summed E-state index contributed by atoms with van der Waals surface area (Å²) in [6, 6.07) is 2.22. The minimum absolute atomic E-state index is 0.0390. The molecule has 0 bridgehead atoms. The van der Waals surface area contributed by atoms with Gasteiger partial charge >= 0.3 is 0 Å². The van der Waals surface area contributed by atoms with Gasteiger partial charge in [-0.25, -0.2) is 0 Å². The molecule has 3 heterocycles. The first kappa shape index (κ1) is 14.4. The molecule has 0 aromatic carbocycles. The lowest BCUT2D eigenvalue weighted by molar-refractivity contribution is -0.134. The molecule has 1 unspecified atom stereocenters. The third-order valence-corrected chi connectivity index (χ3v) is 5.68. The molecule has 1 aromatic rings. The normalized spacial score (nSPS) is 24.8. The van der Waals surface area contributed by atoms with Gasteiger partial charge in [0.15, 0.2) is 0 Å². The summed E-state index contributed by atoms with van der Waals surface area (Å²) in [6.45, 7) is 5.68. The van der Waals surface area contributed by atoms with E-state index in [4.69, 9.17) is 0 Å². The topological polar surface area (TPSA) is 35.6 Å². The molecule has 1 N–H and O–H groups in total. The average Bonchev–Trinajstić information content (AvgIpc) is 3.01. The molecule has 110 valence electrons. The predicted molar refractivity (Wildman–Crippen MR) is 85.3 cm³/mol. The van der Waals surface area contributed by atoms with Gasteiger partial charge in [-0.2, -0.15) is 23.1 Å². The minimum atomic E-state index is 0.0390. The molecule has 0 spiro atoms. The second kappa shape index (κ2) is 6.93. The lowest BCUT2D eigenvalue weighted by atomic mass is 10.2. The number of amides is 1. The Morgan fingerprint density at radius 3 is 2.85 bits per heavy atom. The van der Waals surface area contributed by atoms with Gasteiger partial charge in [-0.15, -0.1) is 0 Å². The SMILES string of the molecule is O=C(C1CSCCN1)N1CCN(Cc2ccsc2)CC1. The van der Waals surface area contributed by atoms with Crippen LogP contribution in [0.5, 0.6) is 0 Å². The number of hydrogen-bond acceptors (Lipinski definition) is 5. The van der Waals surface area contributed by atoms with Crippen molar-refractivity contribution in [1.82, 2.24) is 15.1 Å². The number of piperazine rings is 1. The van der Waals surface area contributed by atoms with Crippen LogP contribution in [0.2, 0.25) is 0 Å². The van der Waals surface area contributed by atoms with Gasteiger partial charge in [0.2, 0.25) is 5.91 Å². The van der Waals surface area contributed by atoms with Crippen LogP contribution < -0.4 is 5.32 Å². The standard InChI is InChI=1S/C14H21N3OS2/c18-14(13-11-20-8-2-15-13)17-5-3-16(4-6-17)9-12-1-7-19-10-12/h1,7,10,13,15H,2-6,8-9,11H2. The lowest BCUT2D eigenvalue weighted by Gasteiger charge is -2.37. The van der Waals surface area contributed by atoms with Gasteiger partial charge in [-0.3, -0.25) is 9.69 Å². The molecular weight excluding hydrogens is 290 g/mol. The van der Waals surface area contributed by atoms with E-state index in [0.29, 0.717) is 5.91 Å². The number of nitrogens with one attached hydrogen (secondary N) is 1. The zero-order chi connectivity index (χ0) is 13.8. The van der Waals surface area contributed by atoms with E-state index in [2.05, 4.69) is 27.0 Å². The summed E-state index contributed by atoms with van der Waals surface area (Å²) in [5, 5.41) is 7.67. The molecule has 1 aromatic heterocycles. The number of thiophene rings is 1.